The summed E-state index contributed by atoms with van der Waals surface area (Å²) in [6.07, 6.45) is 3.14. The molecule has 5 heteroatoms. The predicted molar refractivity (Wildman–Crippen MR) is 54.2 cm³/mol. The van der Waals surface area contributed by atoms with Crippen LogP contribution in [0, 0.1) is 0 Å². The Morgan fingerprint density at radius 1 is 1.40 bits per heavy atom. The zero-order valence-corrected chi connectivity index (χ0v) is 7.77. The lowest BCUT2D eigenvalue weighted by molar-refractivity contribution is 0.0996. The number of aromatic amines is 1. The van der Waals surface area contributed by atoms with Gasteiger partial charge in [0.15, 0.2) is 0 Å². The van der Waals surface area contributed by atoms with Gasteiger partial charge in [0.05, 0.1) is 0 Å². The molecule has 5 nitrogen and oxygen atoms in total. The van der Waals surface area contributed by atoms with Gasteiger partial charge in [0.2, 0.25) is 5.88 Å². The van der Waals surface area contributed by atoms with Gasteiger partial charge in [-0.2, -0.15) is 0 Å². The summed E-state index contributed by atoms with van der Waals surface area (Å²) < 4.78 is 0. The van der Waals surface area contributed by atoms with Crippen LogP contribution in [0.1, 0.15) is 10.5 Å². The molecule has 0 bridgehead atoms. The molecule has 0 unspecified atom stereocenters. The van der Waals surface area contributed by atoms with Crippen molar-refractivity contribution >= 4 is 5.91 Å². The van der Waals surface area contributed by atoms with E-state index < -0.39 is 5.91 Å². The maximum atomic E-state index is 10.8. The molecule has 0 saturated carbocycles. The molecular formula is C10H9N3O2. The zero-order valence-electron chi connectivity index (χ0n) is 7.77. The van der Waals surface area contributed by atoms with Gasteiger partial charge in [-0.3, -0.25) is 4.79 Å². The van der Waals surface area contributed by atoms with Crippen LogP contribution in [-0.4, -0.2) is 21.0 Å². The molecule has 1 amide bonds. The minimum atomic E-state index is -0.514. The lowest BCUT2D eigenvalue weighted by atomic mass is 10.1. The van der Waals surface area contributed by atoms with E-state index in [0.717, 1.165) is 11.1 Å². The highest BCUT2D eigenvalue weighted by atomic mass is 16.3. The molecule has 0 aliphatic carbocycles. The van der Waals surface area contributed by atoms with Crippen LogP contribution in [-0.2, 0) is 0 Å². The third-order valence-corrected chi connectivity index (χ3v) is 2.03. The molecule has 0 radical (unpaired) electrons. The van der Waals surface area contributed by atoms with Gasteiger partial charge in [0.1, 0.15) is 5.69 Å². The van der Waals surface area contributed by atoms with E-state index in [4.69, 9.17) is 5.73 Å². The number of aromatic hydroxyl groups is 1. The molecule has 0 aliphatic rings. The van der Waals surface area contributed by atoms with Crippen LogP contribution in [0.25, 0.3) is 11.1 Å². The number of hydrogen-bond acceptors (Lipinski definition) is 3. The topological polar surface area (TPSA) is 92.0 Å². The number of nitrogens with two attached hydrogens (primary N) is 1. The second kappa shape index (κ2) is 3.45. The summed E-state index contributed by atoms with van der Waals surface area (Å²) in [7, 11) is 0. The Kier molecular flexibility index (Phi) is 2.13. The van der Waals surface area contributed by atoms with E-state index >= 15 is 0 Å². The Morgan fingerprint density at radius 3 is 2.80 bits per heavy atom. The Morgan fingerprint density at radius 2 is 2.20 bits per heavy atom. The SMILES string of the molecule is NC(=O)c1cc(-c2ccnc(O)c2)c[nH]1. The van der Waals surface area contributed by atoms with Gasteiger partial charge in [0, 0.05) is 24.0 Å². The monoisotopic (exact) mass is 203 g/mol. The molecule has 2 aromatic rings. The fourth-order valence-electron chi connectivity index (χ4n) is 1.30. The summed E-state index contributed by atoms with van der Waals surface area (Å²) >= 11 is 0. The van der Waals surface area contributed by atoms with Gasteiger partial charge in [0.25, 0.3) is 5.91 Å². The Labute approximate surface area is 85.6 Å². The summed E-state index contributed by atoms with van der Waals surface area (Å²) in [6.45, 7) is 0. The van der Waals surface area contributed by atoms with Crippen LogP contribution in [0.5, 0.6) is 5.88 Å². The first-order valence-corrected chi connectivity index (χ1v) is 4.30. The fourth-order valence-corrected chi connectivity index (χ4v) is 1.30. The minimum absolute atomic E-state index is 0.0608. The van der Waals surface area contributed by atoms with E-state index in [1.807, 2.05) is 0 Å². The third kappa shape index (κ3) is 1.80. The maximum Gasteiger partial charge on any atom is 0.265 e. The second-order valence-electron chi connectivity index (χ2n) is 3.07. The first-order chi connectivity index (χ1) is 7.16. The first-order valence-electron chi connectivity index (χ1n) is 4.30. The van der Waals surface area contributed by atoms with Crippen molar-refractivity contribution in [1.29, 1.82) is 0 Å². The van der Waals surface area contributed by atoms with Crippen molar-refractivity contribution in [2.24, 2.45) is 5.73 Å². The first kappa shape index (κ1) is 9.26. The Balaban J connectivity index is 2.41. The maximum absolute atomic E-state index is 10.8. The van der Waals surface area contributed by atoms with Gasteiger partial charge in [-0.15, -0.1) is 0 Å². The van der Waals surface area contributed by atoms with E-state index in [0.29, 0.717) is 5.69 Å². The number of carbonyl (C=O) groups is 1. The van der Waals surface area contributed by atoms with E-state index in [1.54, 1.807) is 18.3 Å². The second-order valence-corrected chi connectivity index (χ2v) is 3.07. The smallest absolute Gasteiger partial charge is 0.265 e. The molecular weight excluding hydrogens is 194 g/mol. The molecule has 76 valence electrons. The van der Waals surface area contributed by atoms with Crippen LogP contribution in [0.4, 0.5) is 0 Å². The highest BCUT2D eigenvalue weighted by Gasteiger charge is 2.06. The number of primary amides is 1. The van der Waals surface area contributed by atoms with E-state index in [1.165, 1.54) is 12.3 Å². The zero-order chi connectivity index (χ0) is 10.8. The van der Waals surface area contributed by atoms with Gasteiger partial charge < -0.3 is 15.8 Å². The standard InChI is InChI=1S/C10H9N3O2/c11-10(15)8-3-7(5-13-8)6-1-2-12-9(14)4-6/h1-5,13H,(H2,11,15)(H,12,14). The third-order valence-electron chi connectivity index (χ3n) is 2.03. The van der Waals surface area contributed by atoms with E-state index in [-0.39, 0.29) is 5.88 Å². The highest BCUT2D eigenvalue weighted by molar-refractivity contribution is 5.92. The molecule has 0 spiro atoms. The summed E-state index contributed by atoms with van der Waals surface area (Å²) in [5.74, 6) is -0.575. The summed E-state index contributed by atoms with van der Waals surface area (Å²) in [4.78, 5) is 17.2. The molecule has 0 aliphatic heterocycles. The quantitative estimate of drug-likeness (QED) is 0.676. The molecule has 0 fully saturated rings. The Hall–Kier alpha value is -2.30. The lowest BCUT2D eigenvalue weighted by Gasteiger charge is -1.96. The van der Waals surface area contributed by atoms with Crippen LogP contribution in [0.2, 0.25) is 0 Å². The van der Waals surface area contributed by atoms with Crippen molar-refractivity contribution in [3.8, 4) is 17.0 Å². The van der Waals surface area contributed by atoms with Crippen molar-refractivity contribution in [2.75, 3.05) is 0 Å². The summed E-state index contributed by atoms with van der Waals surface area (Å²) in [5, 5.41) is 9.18. The minimum Gasteiger partial charge on any atom is -0.493 e. The average Bonchev–Trinajstić information content (AvgIpc) is 2.66. The molecule has 2 aromatic heterocycles. The van der Waals surface area contributed by atoms with Gasteiger partial charge in [-0.1, -0.05) is 0 Å². The van der Waals surface area contributed by atoms with Crippen LogP contribution in [0.3, 0.4) is 0 Å². The van der Waals surface area contributed by atoms with E-state index in [9.17, 15) is 9.90 Å². The van der Waals surface area contributed by atoms with Crippen molar-refractivity contribution in [1.82, 2.24) is 9.97 Å². The largest absolute Gasteiger partial charge is 0.493 e. The van der Waals surface area contributed by atoms with Gasteiger partial charge >= 0.3 is 0 Å². The predicted octanol–water partition coefficient (Wildman–Crippen LogP) is 0.881. The number of hydrogen-bond donors (Lipinski definition) is 3. The number of rotatable bonds is 2. The molecule has 2 rings (SSSR count). The summed E-state index contributed by atoms with van der Waals surface area (Å²) in [6, 6.07) is 4.86. The van der Waals surface area contributed by atoms with Crippen molar-refractivity contribution in [3.05, 3.63) is 36.3 Å². The molecule has 4 N–H and O–H groups in total. The number of carbonyl (C=O) groups excluding carboxylic acids is 1. The number of nitrogens with zero attached hydrogens (tertiary/aromatic N) is 1. The molecule has 2 heterocycles. The van der Waals surface area contributed by atoms with Crippen molar-refractivity contribution in [2.45, 2.75) is 0 Å². The molecule has 0 aromatic carbocycles. The molecule has 0 saturated heterocycles. The summed E-state index contributed by atoms with van der Waals surface area (Å²) in [5.41, 5.74) is 6.99. The van der Waals surface area contributed by atoms with Crippen LogP contribution >= 0.6 is 0 Å². The van der Waals surface area contributed by atoms with E-state index in [2.05, 4.69) is 9.97 Å². The van der Waals surface area contributed by atoms with Crippen molar-refractivity contribution < 1.29 is 9.90 Å². The van der Waals surface area contributed by atoms with Crippen molar-refractivity contribution in [3.63, 3.8) is 0 Å². The number of amides is 1. The molecule has 15 heavy (non-hydrogen) atoms. The van der Waals surface area contributed by atoms with Crippen LogP contribution in [0.15, 0.2) is 30.6 Å². The van der Waals surface area contributed by atoms with Gasteiger partial charge in [-0.05, 0) is 17.7 Å². The van der Waals surface area contributed by atoms with Gasteiger partial charge in [-0.25, -0.2) is 4.98 Å². The number of aromatic nitrogens is 2. The lowest BCUT2D eigenvalue weighted by Crippen LogP contribution is -2.10. The fraction of sp³-hybridized carbons (Fsp3) is 0. The average molecular weight is 203 g/mol. The normalized spacial score (nSPS) is 10.1. The molecule has 0 atom stereocenters. The van der Waals surface area contributed by atoms with Crippen LogP contribution < -0.4 is 5.73 Å². The highest BCUT2D eigenvalue weighted by Crippen LogP contribution is 2.22. The number of nitrogens with one attached hydrogen (secondary N) is 1. The number of pyridine rings is 1. The number of H-pyrrole nitrogens is 1. The Bertz CT molecular complexity index is 505.